The van der Waals surface area contributed by atoms with Crippen molar-refractivity contribution in [2.24, 2.45) is 0 Å². The van der Waals surface area contributed by atoms with E-state index in [9.17, 15) is 4.79 Å². The van der Waals surface area contributed by atoms with E-state index in [0.29, 0.717) is 23.7 Å². The SMILES string of the molecule is CC(C)=CCOc1ccc(-c2cc(C)c(-c3ccc(N(CC=C(C)C)C(=O)OCCl)cc3F)cc2C)cn1. The summed E-state index contributed by atoms with van der Waals surface area (Å²) >= 11 is 5.58. The largest absolute Gasteiger partial charge is 0.473 e. The average Bonchev–Trinajstić information content (AvgIpc) is 2.86. The highest BCUT2D eigenvalue weighted by atomic mass is 35.5. The molecule has 0 unspecified atom stereocenters. The summed E-state index contributed by atoms with van der Waals surface area (Å²) in [4.78, 5) is 18.2. The molecule has 0 radical (unpaired) electrons. The highest BCUT2D eigenvalue weighted by molar-refractivity contribution is 6.17. The van der Waals surface area contributed by atoms with Gasteiger partial charge in [0.05, 0.1) is 5.69 Å². The lowest BCUT2D eigenvalue weighted by atomic mass is 9.92. The molecule has 0 N–H and O–H groups in total. The molecule has 0 atom stereocenters. The van der Waals surface area contributed by atoms with Crippen LogP contribution >= 0.6 is 11.6 Å². The molecule has 1 heterocycles. The number of halogens is 2. The standard InChI is InChI=1S/C31H34ClFN2O3/c1-20(2)11-13-35(31(36)38-19-32)25-8-9-26(29(33)17-25)28-16-22(5)27(15-23(28)6)24-7-10-30(34-18-24)37-14-12-21(3)4/h7-12,15-18H,13-14,19H2,1-6H3. The zero-order valence-corrected chi connectivity index (χ0v) is 23.5. The maximum atomic E-state index is 15.4. The van der Waals surface area contributed by atoms with E-state index in [1.165, 1.54) is 16.5 Å². The van der Waals surface area contributed by atoms with Gasteiger partial charge in [0.1, 0.15) is 12.4 Å². The Morgan fingerprint density at radius 2 is 1.63 bits per heavy atom. The zero-order valence-electron chi connectivity index (χ0n) is 22.8. The molecule has 3 aromatic rings. The summed E-state index contributed by atoms with van der Waals surface area (Å²) in [5.41, 5.74) is 7.72. The van der Waals surface area contributed by atoms with Crippen LogP contribution in [0.15, 0.2) is 72.0 Å². The van der Waals surface area contributed by atoms with E-state index in [1.54, 1.807) is 18.3 Å². The number of hydrogen-bond donors (Lipinski definition) is 0. The molecule has 1 aromatic heterocycles. The number of nitrogens with zero attached hydrogens (tertiary/aromatic N) is 2. The lowest BCUT2D eigenvalue weighted by Crippen LogP contribution is -2.31. The van der Waals surface area contributed by atoms with Crippen LogP contribution in [0, 0.1) is 19.7 Å². The molecule has 2 aromatic carbocycles. The summed E-state index contributed by atoms with van der Waals surface area (Å²) in [6.07, 6.45) is 5.02. The maximum Gasteiger partial charge on any atom is 0.415 e. The van der Waals surface area contributed by atoms with Gasteiger partial charge in [-0.05, 0) is 94.1 Å². The van der Waals surface area contributed by atoms with Gasteiger partial charge in [-0.1, -0.05) is 41.0 Å². The Morgan fingerprint density at radius 3 is 2.24 bits per heavy atom. The lowest BCUT2D eigenvalue weighted by Gasteiger charge is -2.21. The summed E-state index contributed by atoms with van der Waals surface area (Å²) in [5, 5.41) is 0. The molecule has 0 aliphatic rings. The predicted octanol–water partition coefficient (Wildman–Crippen LogP) is 8.62. The number of amides is 1. The minimum Gasteiger partial charge on any atom is -0.473 e. The van der Waals surface area contributed by atoms with E-state index in [4.69, 9.17) is 21.1 Å². The molecule has 5 nitrogen and oxygen atoms in total. The number of pyridine rings is 1. The van der Waals surface area contributed by atoms with E-state index in [-0.39, 0.29) is 12.6 Å². The summed E-state index contributed by atoms with van der Waals surface area (Å²) in [5.74, 6) is 0.131. The molecule has 3 rings (SSSR count). The van der Waals surface area contributed by atoms with E-state index in [2.05, 4.69) is 4.98 Å². The Labute approximate surface area is 229 Å². The van der Waals surface area contributed by atoms with Crippen molar-refractivity contribution in [3.05, 3.63) is 88.9 Å². The fraction of sp³-hybridized carbons (Fsp3) is 0.290. The molecular weight excluding hydrogens is 503 g/mol. The van der Waals surface area contributed by atoms with E-state index in [0.717, 1.165) is 33.4 Å². The molecule has 1 amide bonds. The first-order chi connectivity index (χ1) is 18.1. The van der Waals surface area contributed by atoms with Crippen LogP contribution in [-0.2, 0) is 4.74 Å². The number of carbonyl (C=O) groups excluding carboxylic acids is 1. The number of benzene rings is 2. The first-order valence-electron chi connectivity index (χ1n) is 12.4. The molecule has 0 bridgehead atoms. The van der Waals surface area contributed by atoms with Gasteiger partial charge in [0.2, 0.25) is 5.88 Å². The number of hydrogen-bond acceptors (Lipinski definition) is 4. The molecule has 7 heteroatoms. The normalized spacial score (nSPS) is 10.5. The molecule has 0 saturated carbocycles. The number of carbonyl (C=O) groups is 1. The number of aromatic nitrogens is 1. The minimum absolute atomic E-state index is 0.247. The van der Waals surface area contributed by atoms with Crippen molar-refractivity contribution in [3.8, 4) is 28.1 Å². The third kappa shape index (κ3) is 7.45. The monoisotopic (exact) mass is 536 g/mol. The van der Waals surface area contributed by atoms with Gasteiger partial charge in [0.15, 0.2) is 6.07 Å². The topological polar surface area (TPSA) is 51.7 Å². The van der Waals surface area contributed by atoms with Gasteiger partial charge in [-0.25, -0.2) is 14.2 Å². The molecule has 200 valence electrons. The Morgan fingerprint density at radius 1 is 0.947 bits per heavy atom. The predicted molar refractivity (Wildman–Crippen MR) is 153 cm³/mol. The van der Waals surface area contributed by atoms with Crippen molar-refractivity contribution in [1.82, 2.24) is 4.98 Å². The fourth-order valence-corrected chi connectivity index (χ4v) is 4.00. The van der Waals surface area contributed by atoms with Crippen LogP contribution in [0.5, 0.6) is 5.88 Å². The second-order valence-corrected chi connectivity index (χ2v) is 9.75. The van der Waals surface area contributed by atoms with Crippen LogP contribution in [-0.4, -0.2) is 30.3 Å². The van der Waals surface area contributed by atoms with Gasteiger partial charge >= 0.3 is 6.09 Å². The van der Waals surface area contributed by atoms with Crippen molar-refractivity contribution in [3.63, 3.8) is 0 Å². The summed E-state index contributed by atoms with van der Waals surface area (Å²) in [6.45, 7) is 12.6. The number of rotatable bonds is 9. The quantitative estimate of drug-likeness (QED) is 0.203. The third-order valence-corrected chi connectivity index (χ3v) is 6.09. The van der Waals surface area contributed by atoms with E-state index >= 15 is 4.39 Å². The van der Waals surface area contributed by atoms with Crippen LogP contribution in [0.1, 0.15) is 38.8 Å². The molecule has 0 fully saturated rings. The molecule has 0 aliphatic carbocycles. The van der Waals surface area contributed by atoms with Gasteiger partial charge in [0.25, 0.3) is 0 Å². The second kappa shape index (κ2) is 13.2. The smallest absolute Gasteiger partial charge is 0.415 e. The third-order valence-electron chi connectivity index (χ3n) is 5.98. The Bertz CT molecular complexity index is 1340. The minimum atomic E-state index is -0.636. The number of allylic oxidation sites excluding steroid dienone is 2. The van der Waals surface area contributed by atoms with Gasteiger partial charge in [-0.3, -0.25) is 4.90 Å². The second-order valence-electron chi connectivity index (χ2n) is 9.54. The molecular formula is C31H34ClFN2O3. The van der Waals surface area contributed by atoms with E-state index in [1.807, 2.05) is 78.0 Å². The van der Waals surface area contributed by atoms with E-state index < -0.39 is 11.9 Å². The van der Waals surface area contributed by atoms with Crippen LogP contribution in [0.3, 0.4) is 0 Å². The Kier molecular flexibility index (Phi) is 10.1. The Balaban J connectivity index is 1.89. The first kappa shape index (κ1) is 28.9. The van der Waals surface area contributed by atoms with Gasteiger partial charge in [0, 0.05) is 29.9 Å². The van der Waals surface area contributed by atoms with Crippen LogP contribution in [0.2, 0.25) is 0 Å². The van der Waals surface area contributed by atoms with Crippen molar-refractivity contribution >= 4 is 23.4 Å². The number of anilines is 1. The van der Waals surface area contributed by atoms with Gasteiger partial charge in [-0.15, -0.1) is 0 Å². The molecule has 0 aliphatic heterocycles. The van der Waals surface area contributed by atoms with Crippen LogP contribution in [0.4, 0.5) is 14.9 Å². The number of alkyl halides is 1. The fourth-order valence-electron chi connectivity index (χ4n) is 3.91. The highest BCUT2D eigenvalue weighted by Gasteiger charge is 2.19. The van der Waals surface area contributed by atoms with Crippen LogP contribution < -0.4 is 9.64 Å². The van der Waals surface area contributed by atoms with Crippen molar-refractivity contribution in [2.75, 3.05) is 24.1 Å². The van der Waals surface area contributed by atoms with Crippen LogP contribution in [0.25, 0.3) is 22.3 Å². The zero-order chi connectivity index (χ0) is 27.8. The van der Waals surface area contributed by atoms with Crippen molar-refractivity contribution in [2.45, 2.75) is 41.5 Å². The maximum absolute atomic E-state index is 15.4. The number of ether oxygens (including phenoxy) is 2. The molecule has 0 saturated heterocycles. The van der Waals surface area contributed by atoms with Gasteiger partial charge < -0.3 is 9.47 Å². The summed E-state index contributed by atoms with van der Waals surface area (Å²) in [6, 6.07) is 12.3. The first-order valence-corrected chi connectivity index (χ1v) is 12.9. The lowest BCUT2D eigenvalue weighted by molar-refractivity contribution is 0.173. The number of aryl methyl sites for hydroxylation is 2. The molecule has 0 spiro atoms. The summed E-state index contributed by atoms with van der Waals surface area (Å²) in [7, 11) is 0. The Hall–Kier alpha value is -3.64. The highest BCUT2D eigenvalue weighted by Crippen LogP contribution is 2.34. The summed E-state index contributed by atoms with van der Waals surface area (Å²) < 4.78 is 26.0. The van der Waals surface area contributed by atoms with Gasteiger partial charge in [-0.2, -0.15) is 0 Å². The molecule has 38 heavy (non-hydrogen) atoms. The average molecular weight is 537 g/mol. The van der Waals surface area contributed by atoms with Crippen molar-refractivity contribution < 1.29 is 18.7 Å². The van der Waals surface area contributed by atoms with Crippen molar-refractivity contribution in [1.29, 1.82) is 0 Å².